The number of aromatic nitrogens is 2. The Labute approximate surface area is 184 Å². The summed E-state index contributed by atoms with van der Waals surface area (Å²) >= 11 is 0. The third-order valence-electron chi connectivity index (χ3n) is 5.56. The highest BCUT2D eigenvalue weighted by molar-refractivity contribution is 5.81. The third-order valence-corrected chi connectivity index (χ3v) is 5.56. The van der Waals surface area contributed by atoms with E-state index < -0.39 is 37.5 Å². The molecule has 0 aliphatic carbocycles. The molecule has 4 atom stereocenters. The molecule has 1 amide bonds. The molecule has 13 heteroatoms. The van der Waals surface area contributed by atoms with Crippen LogP contribution in [0.1, 0.15) is 13.3 Å². The zero-order chi connectivity index (χ0) is 24.0. The second kappa shape index (κ2) is 8.43. The van der Waals surface area contributed by atoms with Crippen LogP contribution in [0.4, 0.5) is 32.2 Å². The summed E-state index contributed by atoms with van der Waals surface area (Å²) in [6.07, 6.45) is -11.3. The van der Waals surface area contributed by atoms with Crippen LogP contribution < -0.4 is 15.4 Å². The molecule has 1 aromatic heterocycles. The number of hydrogen-bond donors (Lipinski definition) is 2. The summed E-state index contributed by atoms with van der Waals surface area (Å²) in [5.41, 5.74) is 0.379. The predicted octanol–water partition coefficient (Wildman–Crippen LogP) is 3.92. The first-order valence-corrected chi connectivity index (χ1v) is 10.1. The van der Waals surface area contributed by atoms with Gasteiger partial charge in [-0.1, -0.05) is 19.1 Å². The zero-order valence-electron chi connectivity index (χ0n) is 17.2. The standard InChI is InChI=1S/C20H20F6N4O3/c1-10-13(9-27-17(10)31)16-18(32-16)28-15-8-14(30(29-15)6-5-19(21,22)23)11-3-2-4-12(7-11)33-20(24,25)26/h2-4,7-8,10,13,16,18H,5-6,9H2,1H3,(H,27,31)(H,28,29)/t10-,13+,16?,18?/m1/s1. The number of benzene rings is 1. The summed E-state index contributed by atoms with van der Waals surface area (Å²) in [7, 11) is 0. The Morgan fingerprint density at radius 3 is 2.64 bits per heavy atom. The highest BCUT2D eigenvalue weighted by Gasteiger charge is 2.51. The molecule has 1 aromatic carbocycles. The number of aryl methyl sites for hydroxylation is 1. The van der Waals surface area contributed by atoms with Crippen LogP contribution in [0, 0.1) is 11.8 Å². The summed E-state index contributed by atoms with van der Waals surface area (Å²) in [5.74, 6) is -0.673. The van der Waals surface area contributed by atoms with E-state index in [-0.39, 0.29) is 40.9 Å². The molecule has 180 valence electrons. The van der Waals surface area contributed by atoms with E-state index in [2.05, 4.69) is 20.5 Å². The molecule has 4 rings (SSSR count). The third kappa shape index (κ3) is 5.70. The van der Waals surface area contributed by atoms with Gasteiger partial charge in [-0.3, -0.25) is 9.48 Å². The Balaban J connectivity index is 1.54. The van der Waals surface area contributed by atoms with Crippen molar-refractivity contribution in [2.45, 2.75) is 44.8 Å². The molecule has 7 nitrogen and oxygen atoms in total. The van der Waals surface area contributed by atoms with Crippen LogP contribution in [0.25, 0.3) is 11.3 Å². The predicted molar refractivity (Wildman–Crippen MR) is 103 cm³/mol. The van der Waals surface area contributed by atoms with Gasteiger partial charge < -0.3 is 20.1 Å². The maximum absolute atomic E-state index is 12.8. The van der Waals surface area contributed by atoms with Crippen molar-refractivity contribution in [3.8, 4) is 17.0 Å². The lowest BCUT2D eigenvalue weighted by Gasteiger charge is -2.12. The van der Waals surface area contributed by atoms with E-state index in [1.807, 2.05) is 0 Å². The van der Waals surface area contributed by atoms with E-state index in [0.29, 0.717) is 6.54 Å². The lowest BCUT2D eigenvalue weighted by Crippen LogP contribution is -2.21. The van der Waals surface area contributed by atoms with Gasteiger partial charge in [-0.2, -0.15) is 18.3 Å². The first-order valence-electron chi connectivity index (χ1n) is 10.1. The van der Waals surface area contributed by atoms with Crippen LogP contribution >= 0.6 is 0 Å². The molecule has 2 saturated heterocycles. The van der Waals surface area contributed by atoms with Crippen LogP contribution in [0.3, 0.4) is 0 Å². The topological polar surface area (TPSA) is 80.7 Å². The largest absolute Gasteiger partial charge is 0.573 e. The van der Waals surface area contributed by atoms with Gasteiger partial charge in [-0.15, -0.1) is 13.2 Å². The van der Waals surface area contributed by atoms with Crippen molar-refractivity contribution in [1.29, 1.82) is 0 Å². The van der Waals surface area contributed by atoms with E-state index in [9.17, 15) is 31.1 Å². The number of hydrogen-bond acceptors (Lipinski definition) is 5. The Hall–Kier alpha value is -2.96. The number of anilines is 1. The number of alkyl halides is 6. The van der Waals surface area contributed by atoms with Crippen molar-refractivity contribution >= 4 is 11.7 Å². The summed E-state index contributed by atoms with van der Waals surface area (Å²) in [4.78, 5) is 11.7. The van der Waals surface area contributed by atoms with E-state index >= 15 is 0 Å². The van der Waals surface area contributed by atoms with Gasteiger partial charge in [0.05, 0.1) is 18.7 Å². The van der Waals surface area contributed by atoms with Crippen molar-refractivity contribution < 1.29 is 40.6 Å². The van der Waals surface area contributed by atoms with Crippen LogP contribution in [0.15, 0.2) is 30.3 Å². The smallest absolute Gasteiger partial charge is 0.406 e. The molecule has 3 heterocycles. The average Bonchev–Trinajstić information content (AvgIpc) is 3.19. The molecule has 2 N–H and O–H groups in total. The Kier molecular flexibility index (Phi) is 5.93. The molecule has 2 aliphatic rings. The fourth-order valence-corrected chi connectivity index (χ4v) is 3.84. The normalized spacial score (nSPS) is 25.1. The minimum atomic E-state index is -4.91. The molecular weight excluding hydrogens is 458 g/mol. The molecule has 33 heavy (non-hydrogen) atoms. The summed E-state index contributed by atoms with van der Waals surface area (Å²) in [5, 5.41) is 9.87. The fourth-order valence-electron chi connectivity index (χ4n) is 3.84. The first-order chi connectivity index (χ1) is 15.4. The number of nitrogens with zero attached hydrogens (tertiary/aromatic N) is 2. The van der Waals surface area contributed by atoms with Crippen LogP contribution in [-0.2, 0) is 16.1 Å². The first kappa shape index (κ1) is 23.2. The van der Waals surface area contributed by atoms with Gasteiger partial charge >= 0.3 is 12.5 Å². The number of halogens is 6. The van der Waals surface area contributed by atoms with Crippen LogP contribution in [0.5, 0.6) is 5.75 Å². The number of amides is 1. The number of rotatable bonds is 7. The lowest BCUT2D eigenvalue weighted by atomic mass is 9.94. The molecule has 0 saturated carbocycles. The fraction of sp³-hybridized carbons (Fsp3) is 0.500. The summed E-state index contributed by atoms with van der Waals surface area (Å²) in [6, 6.07) is 6.35. The molecule has 2 fully saturated rings. The summed E-state index contributed by atoms with van der Waals surface area (Å²) in [6.45, 7) is 1.71. The second-order valence-electron chi connectivity index (χ2n) is 7.94. The van der Waals surface area contributed by atoms with Crippen molar-refractivity contribution in [3.05, 3.63) is 30.3 Å². The van der Waals surface area contributed by atoms with E-state index in [1.165, 1.54) is 18.2 Å². The van der Waals surface area contributed by atoms with Crippen LogP contribution in [0.2, 0.25) is 0 Å². The maximum Gasteiger partial charge on any atom is 0.573 e. The van der Waals surface area contributed by atoms with Crippen molar-refractivity contribution in [3.63, 3.8) is 0 Å². The number of epoxide rings is 1. The van der Waals surface area contributed by atoms with E-state index in [1.54, 1.807) is 6.92 Å². The Morgan fingerprint density at radius 1 is 1.24 bits per heavy atom. The SMILES string of the molecule is C[C@H]1C(=O)NC[C@@H]1C1OC1Nc1cc(-c2cccc(OC(F)(F)F)c2)n(CCC(F)(F)F)n1. The highest BCUT2D eigenvalue weighted by Crippen LogP contribution is 2.37. The van der Waals surface area contributed by atoms with Gasteiger partial charge in [0.15, 0.2) is 12.0 Å². The molecule has 0 radical (unpaired) electrons. The minimum absolute atomic E-state index is 0.0574. The van der Waals surface area contributed by atoms with Crippen molar-refractivity contribution in [2.24, 2.45) is 11.8 Å². The Bertz CT molecular complexity index is 1020. The molecule has 2 aromatic rings. The minimum Gasteiger partial charge on any atom is -0.406 e. The molecule has 0 bridgehead atoms. The van der Waals surface area contributed by atoms with Gasteiger partial charge in [-0.05, 0) is 12.1 Å². The summed E-state index contributed by atoms with van der Waals surface area (Å²) < 4.78 is 86.6. The second-order valence-corrected chi connectivity index (χ2v) is 7.94. The number of ether oxygens (including phenoxy) is 2. The highest BCUT2D eigenvalue weighted by atomic mass is 19.4. The maximum atomic E-state index is 12.8. The number of carbonyl (C=O) groups excluding carboxylic acids is 1. The monoisotopic (exact) mass is 478 g/mol. The van der Waals surface area contributed by atoms with E-state index in [0.717, 1.165) is 16.8 Å². The number of nitrogens with one attached hydrogen (secondary N) is 2. The van der Waals surface area contributed by atoms with Crippen molar-refractivity contribution in [2.75, 3.05) is 11.9 Å². The molecular formula is C20H20F6N4O3. The van der Waals surface area contributed by atoms with Gasteiger partial charge in [-0.25, -0.2) is 0 Å². The van der Waals surface area contributed by atoms with Crippen molar-refractivity contribution in [1.82, 2.24) is 15.1 Å². The van der Waals surface area contributed by atoms with Gasteiger partial charge in [0, 0.05) is 30.0 Å². The van der Waals surface area contributed by atoms with Gasteiger partial charge in [0.25, 0.3) is 0 Å². The Morgan fingerprint density at radius 2 is 2.00 bits per heavy atom. The molecule has 2 unspecified atom stereocenters. The molecule has 0 spiro atoms. The molecule has 2 aliphatic heterocycles. The van der Waals surface area contributed by atoms with E-state index in [4.69, 9.17) is 4.74 Å². The average molecular weight is 478 g/mol. The van der Waals surface area contributed by atoms with Gasteiger partial charge in [0.1, 0.15) is 11.9 Å². The zero-order valence-corrected chi connectivity index (χ0v) is 17.2. The lowest BCUT2D eigenvalue weighted by molar-refractivity contribution is -0.274. The van der Waals surface area contributed by atoms with Crippen LogP contribution in [-0.4, -0.2) is 47.1 Å². The number of carbonyl (C=O) groups is 1. The van der Waals surface area contributed by atoms with Gasteiger partial charge in [0.2, 0.25) is 5.91 Å². The quantitative estimate of drug-likeness (QED) is 0.466.